The number of aromatic hydroxyl groups is 1. The van der Waals surface area contributed by atoms with Gasteiger partial charge in [0.25, 0.3) is 5.91 Å². The molecule has 3 N–H and O–H groups in total. The number of pyridine rings is 1. The summed E-state index contributed by atoms with van der Waals surface area (Å²) < 4.78 is 0. The van der Waals surface area contributed by atoms with E-state index in [1.807, 2.05) is 30.3 Å². The Morgan fingerprint density at radius 2 is 1.62 bits per heavy atom. The third kappa shape index (κ3) is 4.33. The first-order chi connectivity index (χ1) is 16.0. The topological polar surface area (TPSA) is 82.2 Å². The van der Waals surface area contributed by atoms with Gasteiger partial charge in [0.2, 0.25) is 5.43 Å². The number of carbonyl (C=O) groups excluding carboxylic acids is 1. The van der Waals surface area contributed by atoms with E-state index in [4.69, 9.17) is 0 Å². The Kier molecular flexibility index (Phi) is 6.04. The zero-order valence-electron chi connectivity index (χ0n) is 20.1. The summed E-state index contributed by atoms with van der Waals surface area (Å²) in [5, 5.41) is 14.4. The molecule has 0 aliphatic rings. The van der Waals surface area contributed by atoms with Crippen LogP contribution >= 0.6 is 10.0 Å². The van der Waals surface area contributed by atoms with Gasteiger partial charge in [0.15, 0.2) is 0 Å². The van der Waals surface area contributed by atoms with Gasteiger partial charge in [-0.1, -0.05) is 51.1 Å². The van der Waals surface area contributed by atoms with Crippen molar-refractivity contribution in [3.63, 3.8) is 0 Å². The molecule has 34 heavy (non-hydrogen) atoms. The summed E-state index contributed by atoms with van der Waals surface area (Å²) in [4.78, 5) is 31.1. The molecule has 1 heterocycles. The minimum atomic E-state index is -1.50. The number of anilines is 1. The van der Waals surface area contributed by atoms with Crippen molar-refractivity contribution in [2.24, 2.45) is 0 Å². The average molecular weight is 475 g/mol. The Labute approximate surface area is 201 Å². The van der Waals surface area contributed by atoms with E-state index in [1.165, 1.54) is 6.20 Å². The minimum Gasteiger partial charge on any atom is -0.507 e. The smallest absolute Gasteiger partial charge is 0.261 e. The predicted molar refractivity (Wildman–Crippen MR) is 142 cm³/mol. The molecule has 5 nitrogen and oxygen atoms in total. The normalized spacial score (nSPS) is 12.5. The maximum Gasteiger partial charge on any atom is 0.261 e. The maximum atomic E-state index is 13.2. The fraction of sp³-hybridized carbons (Fsp3) is 0.214. The van der Waals surface area contributed by atoms with Crippen LogP contribution in [-0.2, 0) is 5.41 Å². The number of benzene rings is 3. The van der Waals surface area contributed by atoms with E-state index in [0.29, 0.717) is 16.6 Å². The molecule has 1 aromatic heterocycles. The molecule has 3 aromatic carbocycles. The van der Waals surface area contributed by atoms with Crippen LogP contribution in [0.3, 0.4) is 0 Å². The molecule has 176 valence electrons. The molecule has 4 aromatic rings. The molecule has 0 fully saturated rings. The molecule has 0 atom stereocenters. The second-order valence-electron chi connectivity index (χ2n) is 9.79. The number of rotatable bonds is 4. The van der Waals surface area contributed by atoms with E-state index in [2.05, 4.69) is 55.7 Å². The highest BCUT2D eigenvalue weighted by Gasteiger charge is 2.28. The third-order valence-corrected chi connectivity index (χ3v) is 8.95. The van der Waals surface area contributed by atoms with Crippen LogP contribution in [0.5, 0.6) is 5.75 Å². The highest BCUT2D eigenvalue weighted by molar-refractivity contribution is 8.32. The lowest BCUT2D eigenvalue weighted by Gasteiger charge is -2.35. The number of para-hydroxylation sites is 1. The fourth-order valence-electron chi connectivity index (χ4n) is 4.11. The summed E-state index contributed by atoms with van der Waals surface area (Å²) in [6.45, 7) is 6.19. The van der Waals surface area contributed by atoms with Crippen LogP contribution in [0.2, 0.25) is 0 Å². The van der Waals surface area contributed by atoms with Crippen molar-refractivity contribution in [2.75, 3.05) is 17.8 Å². The molecule has 0 radical (unpaired) electrons. The quantitative estimate of drug-likeness (QED) is 0.326. The summed E-state index contributed by atoms with van der Waals surface area (Å²) in [6.07, 6.45) is 5.74. The minimum absolute atomic E-state index is 0.0253. The number of carbonyl (C=O) groups is 1. The summed E-state index contributed by atoms with van der Waals surface area (Å²) in [7, 11) is -1.50. The molecule has 6 heteroatoms. The van der Waals surface area contributed by atoms with Crippen molar-refractivity contribution in [1.29, 1.82) is 0 Å². The molecular weight excluding hydrogens is 444 g/mol. The number of hydrogen-bond donors (Lipinski definition) is 3. The number of aromatic amines is 1. The van der Waals surface area contributed by atoms with Crippen molar-refractivity contribution in [3.05, 3.63) is 94.3 Å². The van der Waals surface area contributed by atoms with Gasteiger partial charge in [-0.25, -0.2) is 0 Å². The maximum absolute atomic E-state index is 13.2. The van der Waals surface area contributed by atoms with E-state index >= 15 is 0 Å². The first kappa shape index (κ1) is 23.6. The van der Waals surface area contributed by atoms with Crippen molar-refractivity contribution >= 4 is 32.5 Å². The van der Waals surface area contributed by atoms with E-state index in [0.717, 1.165) is 15.4 Å². The zero-order chi connectivity index (χ0) is 24.7. The van der Waals surface area contributed by atoms with Gasteiger partial charge in [-0.15, -0.1) is 0 Å². The number of phenols is 1. The van der Waals surface area contributed by atoms with E-state index in [-0.39, 0.29) is 22.2 Å². The lowest BCUT2D eigenvalue weighted by atomic mass is 9.85. The number of H-pyrrole nitrogens is 1. The van der Waals surface area contributed by atoms with Crippen LogP contribution < -0.4 is 10.7 Å². The SMILES string of the molecule is CC(C)(C)c1cc(S(C)(C)c2ccccc2)c(O)cc1NC(=O)c1c[nH]c2ccccc2c1=O. The lowest BCUT2D eigenvalue weighted by molar-refractivity contribution is 0.102. The van der Waals surface area contributed by atoms with Gasteiger partial charge in [-0.2, -0.15) is 10.0 Å². The molecule has 0 spiro atoms. The molecule has 0 unspecified atom stereocenters. The van der Waals surface area contributed by atoms with Gasteiger partial charge in [0.1, 0.15) is 11.3 Å². The van der Waals surface area contributed by atoms with Crippen molar-refractivity contribution in [3.8, 4) is 5.75 Å². The van der Waals surface area contributed by atoms with Crippen LogP contribution in [0.25, 0.3) is 10.9 Å². The predicted octanol–water partition coefficient (Wildman–Crippen LogP) is 6.27. The number of amides is 1. The third-order valence-electron chi connectivity index (χ3n) is 6.07. The van der Waals surface area contributed by atoms with Crippen molar-refractivity contribution in [2.45, 2.75) is 36.0 Å². The molecular formula is C28H30N2O3S. The number of aromatic nitrogens is 1. The van der Waals surface area contributed by atoms with E-state index in [9.17, 15) is 14.7 Å². The first-order valence-electron chi connectivity index (χ1n) is 11.1. The van der Waals surface area contributed by atoms with Gasteiger partial charge in [-0.3, -0.25) is 9.59 Å². The fourth-order valence-corrected chi connectivity index (χ4v) is 6.20. The van der Waals surface area contributed by atoms with Gasteiger partial charge >= 0.3 is 0 Å². The molecule has 1 amide bonds. The number of phenolic OH excluding ortho intramolecular Hbond substituents is 1. The number of hydrogen-bond acceptors (Lipinski definition) is 3. The standard InChI is InChI=1S/C28H30N2O3S/c1-28(2,3)21-15-25(34(4,5)18-11-7-6-8-12-18)24(31)16-23(21)30-27(33)20-17-29-22-14-10-9-13-19(22)26(20)32/h6-17,31H,1-5H3,(H,29,32)(H,30,33). The van der Waals surface area contributed by atoms with Gasteiger partial charge in [-0.05, 0) is 58.7 Å². The monoisotopic (exact) mass is 474 g/mol. The van der Waals surface area contributed by atoms with Crippen LogP contribution in [-0.4, -0.2) is 28.5 Å². The van der Waals surface area contributed by atoms with E-state index < -0.39 is 15.9 Å². The van der Waals surface area contributed by atoms with Crippen molar-refractivity contribution < 1.29 is 9.90 Å². The molecule has 0 saturated carbocycles. The molecule has 0 bridgehead atoms. The number of fused-ring (bicyclic) bond motifs is 1. The number of nitrogens with one attached hydrogen (secondary N) is 2. The largest absolute Gasteiger partial charge is 0.507 e. The van der Waals surface area contributed by atoms with Crippen LogP contribution in [0.1, 0.15) is 36.7 Å². The Balaban J connectivity index is 1.79. The highest BCUT2D eigenvalue weighted by atomic mass is 32.3. The Bertz CT molecular complexity index is 1430. The summed E-state index contributed by atoms with van der Waals surface area (Å²) in [5.74, 6) is -0.390. The summed E-state index contributed by atoms with van der Waals surface area (Å²) in [6, 6.07) is 20.8. The van der Waals surface area contributed by atoms with Crippen LogP contribution in [0, 0.1) is 0 Å². The van der Waals surface area contributed by atoms with Crippen LogP contribution in [0.4, 0.5) is 5.69 Å². The first-order valence-corrected chi connectivity index (χ1v) is 13.5. The molecule has 0 saturated heterocycles. The van der Waals surface area contributed by atoms with E-state index in [1.54, 1.807) is 24.3 Å². The van der Waals surface area contributed by atoms with Crippen molar-refractivity contribution in [1.82, 2.24) is 4.98 Å². The second kappa shape index (κ2) is 8.69. The van der Waals surface area contributed by atoms with Gasteiger partial charge in [0, 0.05) is 33.7 Å². The summed E-state index contributed by atoms with van der Waals surface area (Å²) in [5.41, 5.74) is 1.44. The van der Waals surface area contributed by atoms with Gasteiger partial charge < -0.3 is 15.4 Å². The molecule has 0 aliphatic heterocycles. The lowest BCUT2D eigenvalue weighted by Crippen LogP contribution is -2.24. The zero-order valence-corrected chi connectivity index (χ0v) is 20.9. The van der Waals surface area contributed by atoms with Crippen LogP contribution in [0.15, 0.2) is 87.5 Å². The molecule has 0 aliphatic carbocycles. The highest BCUT2D eigenvalue weighted by Crippen LogP contribution is 2.60. The molecule has 4 rings (SSSR count). The Morgan fingerprint density at radius 3 is 2.29 bits per heavy atom. The average Bonchev–Trinajstić information content (AvgIpc) is 2.79. The van der Waals surface area contributed by atoms with Gasteiger partial charge in [0.05, 0.1) is 0 Å². The second-order valence-corrected chi connectivity index (χ2v) is 13.4. The Hall–Kier alpha value is -3.51. The Morgan fingerprint density at radius 1 is 0.971 bits per heavy atom. The summed E-state index contributed by atoms with van der Waals surface area (Å²) >= 11 is 0.